The number of urea groups is 1. The predicted molar refractivity (Wildman–Crippen MR) is 101 cm³/mol. The molecule has 1 aliphatic carbocycles. The Balaban J connectivity index is 1.44. The van der Waals surface area contributed by atoms with E-state index in [1.807, 2.05) is 56.2 Å². The number of nitrogens with zero attached hydrogens (tertiary/aromatic N) is 3. The number of benzene rings is 1. The SMILES string of the molecule is Cc1ccccc1OCCCN(C)C(=O)N[C@H]1CCCc2c1cnn2C. The van der Waals surface area contributed by atoms with Crippen LogP contribution in [0.2, 0.25) is 0 Å². The molecule has 140 valence electrons. The normalized spacial score (nSPS) is 16.0. The van der Waals surface area contributed by atoms with E-state index < -0.39 is 0 Å². The fraction of sp³-hybridized carbons (Fsp3) is 0.500. The maximum Gasteiger partial charge on any atom is 0.317 e. The summed E-state index contributed by atoms with van der Waals surface area (Å²) < 4.78 is 7.71. The number of amides is 2. The van der Waals surface area contributed by atoms with E-state index in [1.54, 1.807) is 4.90 Å². The molecule has 1 aromatic heterocycles. The van der Waals surface area contributed by atoms with Crippen LogP contribution >= 0.6 is 0 Å². The van der Waals surface area contributed by atoms with Crippen molar-refractivity contribution in [1.82, 2.24) is 20.0 Å². The van der Waals surface area contributed by atoms with Gasteiger partial charge < -0.3 is 15.0 Å². The van der Waals surface area contributed by atoms with E-state index in [-0.39, 0.29) is 12.1 Å². The molecule has 0 saturated heterocycles. The van der Waals surface area contributed by atoms with Crippen molar-refractivity contribution in [3.05, 3.63) is 47.3 Å². The molecule has 1 N–H and O–H groups in total. The Morgan fingerprint density at radius 1 is 1.42 bits per heavy atom. The number of nitrogens with one attached hydrogen (secondary N) is 1. The Morgan fingerprint density at radius 3 is 3.04 bits per heavy atom. The summed E-state index contributed by atoms with van der Waals surface area (Å²) in [5.74, 6) is 0.908. The van der Waals surface area contributed by atoms with Crippen molar-refractivity contribution in [3.63, 3.8) is 0 Å². The Bertz CT molecular complexity index is 756. The van der Waals surface area contributed by atoms with Crippen molar-refractivity contribution < 1.29 is 9.53 Å². The lowest BCUT2D eigenvalue weighted by Gasteiger charge is -2.26. The molecule has 0 bridgehead atoms. The molecular formula is C20H28N4O2. The van der Waals surface area contributed by atoms with Crippen LogP contribution < -0.4 is 10.1 Å². The molecule has 0 fully saturated rings. The molecule has 3 rings (SSSR count). The Hall–Kier alpha value is -2.50. The highest BCUT2D eigenvalue weighted by atomic mass is 16.5. The number of carbonyl (C=O) groups excluding carboxylic acids is 1. The first kappa shape index (κ1) is 18.3. The minimum absolute atomic E-state index is 0.0393. The van der Waals surface area contributed by atoms with Gasteiger partial charge in [-0.05, 0) is 44.2 Å². The van der Waals surface area contributed by atoms with Gasteiger partial charge in [0, 0.05) is 31.9 Å². The highest BCUT2D eigenvalue weighted by Gasteiger charge is 2.25. The zero-order chi connectivity index (χ0) is 18.5. The molecule has 2 amide bonds. The zero-order valence-electron chi connectivity index (χ0n) is 15.9. The van der Waals surface area contributed by atoms with Crippen molar-refractivity contribution in [2.75, 3.05) is 20.2 Å². The van der Waals surface area contributed by atoms with Crippen LogP contribution in [0.4, 0.5) is 4.79 Å². The van der Waals surface area contributed by atoms with E-state index in [0.717, 1.165) is 42.6 Å². The molecule has 0 aliphatic heterocycles. The van der Waals surface area contributed by atoms with Gasteiger partial charge in [-0.1, -0.05) is 18.2 Å². The smallest absolute Gasteiger partial charge is 0.317 e. The number of aryl methyl sites for hydroxylation is 2. The topological polar surface area (TPSA) is 59.4 Å². The lowest BCUT2D eigenvalue weighted by atomic mass is 9.93. The lowest BCUT2D eigenvalue weighted by Crippen LogP contribution is -2.41. The standard InChI is InChI=1S/C20H28N4O2/c1-15-8-4-5-11-19(15)26-13-7-12-23(2)20(25)22-17-9-6-10-18-16(17)14-21-24(18)3/h4-5,8,11,14,17H,6-7,9-10,12-13H2,1-3H3,(H,22,25)/t17-/m0/s1. The lowest BCUT2D eigenvalue weighted by molar-refractivity contribution is 0.198. The number of aromatic nitrogens is 2. The maximum absolute atomic E-state index is 12.5. The van der Waals surface area contributed by atoms with Gasteiger partial charge in [-0.15, -0.1) is 0 Å². The van der Waals surface area contributed by atoms with E-state index in [2.05, 4.69) is 10.4 Å². The number of carbonyl (C=O) groups is 1. The fourth-order valence-corrected chi connectivity index (χ4v) is 3.42. The summed E-state index contributed by atoms with van der Waals surface area (Å²) in [5, 5.41) is 7.48. The monoisotopic (exact) mass is 356 g/mol. The van der Waals surface area contributed by atoms with Gasteiger partial charge >= 0.3 is 6.03 Å². The number of hydrogen-bond acceptors (Lipinski definition) is 3. The number of para-hydroxylation sites is 1. The van der Waals surface area contributed by atoms with Crippen LogP contribution in [0.3, 0.4) is 0 Å². The van der Waals surface area contributed by atoms with Gasteiger partial charge in [-0.3, -0.25) is 4.68 Å². The van der Waals surface area contributed by atoms with Gasteiger partial charge in [0.1, 0.15) is 5.75 Å². The molecule has 2 aromatic rings. The molecule has 6 heteroatoms. The summed E-state index contributed by atoms with van der Waals surface area (Å²) in [5.41, 5.74) is 3.52. The summed E-state index contributed by atoms with van der Waals surface area (Å²) in [6.45, 7) is 3.29. The summed E-state index contributed by atoms with van der Waals surface area (Å²) in [6, 6.07) is 8.00. The second-order valence-corrected chi connectivity index (χ2v) is 6.95. The van der Waals surface area contributed by atoms with Crippen LogP contribution in [0, 0.1) is 6.92 Å². The molecule has 0 radical (unpaired) electrons. The molecular weight excluding hydrogens is 328 g/mol. The first-order valence-electron chi connectivity index (χ1n) is 9.27. The quantitative estimate of drug-likeness (QED) is 0.809. The van der Waals surface area contributed by atoms with Gasteiger partial charge in [0.15, 0.2) is 0 Å². The largest absolute Gasteiger partial charge is 0.493 e. The fourth-order valence-electron chi connectivity index (χ4n) is 3.42. The second kappa shape index (κ2) is 8.25. The first-order chi connectivity index (χ1) is 12.6. The summed E-state index contributed by atoms with van der Waals surface area (Å²) >= 11 is 0. The second-order valence-electron chi connectivity index (χ2n) is 6.95. The number of rotatable bonds is 6. The van der Waals surface area contributed by atoms with Crippen LogP contribution in [0.15, 0.2) is 30.5 Å². The molecule has 6 nitrogen and oxygen atoms in total. The Labute approximate surface area is 155 Å². The maximum atomic E-state index is 12.5. The van der Waals surface area contributed by atoms with Gasteiger partial charge in [0.2, 0.25) is 0 Å². The van der Waals surface area contributed by atoms with E-state index in [0.29, 0.717) is 13.2 Å². The average molecular weight is 356 g/mol. The summed E-state index contributed by atoms with van der Waals surface area (Å²) in [4.78, 5) is 14.2. The van der Waals surface area contributed by atoms with Crippen LogP contribution in [0.25, 0.3) is 0 Å². The Morgan fingerprint density at radius 2 is 2.23 bits per heavy atom. The van der Waals surface area contributed by atoms with Crippen molar-refractivity contribution in [2.45, 2.75) is 38.6 Å². The number of hydrogen-bond donors (Lipinski definition) is 1. The molecule has 1 atom stereocenters. The van der Waals surface area contributed by atoms with Crippen molar-refractivity contribution in [2.24, 2.45) is 7.05 Å². The Kier molecular flexibility index (Phi) is 5.81. The predicted octanol–water partition coefficient (Wildman–Crippen LogP) is 3.22. The number of fused-ring (bicyclic) bond motifs is 1. The van der Waals surface area contributed by atoms with Crippen molar-refractivity contribution in [3.8, 4) is 5.75 Å². The first-order valence-corrected chi connectivity index (χ1v) is 9.27. The third kappa shape index (κ3) is 4.18. The van der Waals surface area contributed by atoms with Crippen molar-refractivity contribution in [1.29, 1.82) is 0 Å². The molecule has 0 spiro atoms. The minimum Gasteiger partial charge on any atom is -0.493 e. The molecule has 26 heavy (non-hydrogen) atoms. The van der Waals surface area contributed by atoms with Gasteiger partial charge in [-0.2, -0.15) is 5.10 Å². The van der Waals surface area contributed by atoms with Crippen LogP contribution in [0.1, 0.15) is 42.1 Å². The molecule has 0 unspecified atom stereocenters. The van der Waals surface area contributed by atoms with Crippen molar-refractivity contribution >= 4 is 6.03 Å². The van der Waals surface area contributed by atoms with Crippen LogP contribution in [-0.2, 0) is 13.5 Å². The molecule has 0 saturated carbocycles. The average Bonchev–Trinajstić information content (AvgIpc) is 3.02. The molecule has 1 aromatic carbocycles. The van der Waals surface area contributed by atoms with Gasteiger partial charge in [-0.25, -0.2) is 4.79 Å². The van der Waals surface area contributed by atoms with Gasteiger partial charge in [0.25, 0.3) is 0 Å². The molecule has 1 aliphatic rings. The molecule has 1 heterocycles. The highest BCUT2D eigenvalue weighted by Crippen LogP contribution is 2.29. The highest BCUT2D eigenvalue weighted by molar-refractivity contribution is 5.74. The zero-order valence-corrected chi connectivity index (χ0v) is 15.9. The van der Waals surface area contributed by atoms with E-state index in [1.165, 1.54) is 5.69 Å². The number of ether oxygens (including phenoxy) is 1. The third-order valence-electron chi connectivity index (χ3n) is 5.01. The van der Waals surface area contributed by atoms with E-state index in [9.17, 15) is 4.79 Å². The van der Waals surface area contributed by atoms with Crippen LogP contribution in [0.5, 0.6) is 5.75 Å². The summed E-state index contributed by atoms with van der Waals surface area (Å²) in [7, 11) is 3.79. The van der Waals surface area contributed by atoms with Crippen LogP contribution in [-0.4, -0.2) is 40.9 Å². The minimum atomic E-state index is -0.0393. The van der Waals surface area contributed by atoms with Gasteiger partial charge in [0.05, 0.1) is 18.8 Å². The van der Waals surface area contributed by atoms with E-state index >= 15 is 0 Å². The summed E-state index contributed by atoms with van der Waals surface area (Å²) in [6.07, 6.45) is 5.75. The third-order valence-corrected chi connectivity index (χ3v) is 5.01. The van der Waals surface area contributed by atoms with E-state index in [4.69, 9.17) is 4.74 Å².